The molecule has 2 amide bonds. The molecule has 0 aliphatic heterocycles. The molecule has 0 saturated carbocycles. The molecule has 7 nitrogen and oxygen atoms in total. The molecule has 2 atom stereocenters. The Kier molecular flexibility index (Phi) is 8.19. The predicted octanol–water partition coefficient (Wildman–Crippen LogP) is 4.50. The first kappa shape index (κ1) is 23.9. The van der Waals surface area contributed by atoms with Crippen molar-refractivity contribution >= 4 is 23.7 Å². The SMILES string of the molecule is C[C@H](OC(=O)c1ccc(NC(=O)OC(C)(C)C)cc1)C(=O)NC[C@@H](C)c1ccccc1. The summed E-state index contributed by atoms with van der Waals surface area (Å²) in [6, 6.07) is 16.0. The van der Waals surface area contributed by atoms with Gasteiger partial charge in [-0.1, -0.05) is 37.3 Å². The molecule has 0 aromatic heterocycles. The standard InChI is InChI=1S/C24H30N2O5/c1-16(18-9-7-6-8-10-18)15-25-21(27)17(2)30-22(28)19-11-13-20(14-12-19)26-23(29)31-24(3,4)5/h6-14,16-17H,15H2,1-5H3,(H,25,27)(H,26,29)/t16-,17+/m1/s1. The van der Waals surface area contributed by atoms with Gasteiger partial charge >= 0.3 is 12.1 Å². The highest BCUT2D eigenvalue weighted by molar-refractivity contribution is 5.93. The summed E-state index contributed by atoms with van der Waals surface area (Å²) in [5.41, 5.74) is 1.26. The van der Waals surface area contributed by atoms with Gasteiger partial charge in [0.15, 0.2) is 6.10 Å². The minimum Gasteiger partial charge on any atom is -0.449 e. The van der Waals surface area contributed by atoms with E-state index in [0.717, 1.165) is 5.56 Å². The van der Waals surface area contributed by atoms with Crippen LogP contribution in [0.1, 0.15) is 56.5 Å². The number of anilines is 1. The average molecular weight is 427 g/mol. The smallest absolute Gasteiger partial charge is 0.412 e. The molecule has 0 saturated heterocycles. The van der Waals surface area contributed by atoms with Crippen molar-refractivity contribution in [3.63, 3.8) is 0 Å². The topological polar surface area (TPSA) is 93.7 Å². The lowest BCUT2D eigenvalue weighted by Gasteiger charge is -2.19. The maximum atomic E-state index is 12.3. The van der Waals surface area contributed by atoms with Crippen molar-refractivity contribution in [3.8, 4) is 0 Å². The highest BCUT2D eigenvalue weighted by atomic mass is 16.6. The van der Waals surface area contributed by atoms with Gasteiger partial charge in [-0.05, 0) is 63.4 Å². The summed E-state index contributed by atoms with van der Waals surface area (Å²) in [5, 5.41) is 5.40. The fourth-order valence-electron chi connectivity index (χ4n) is 2.69. The molecule has 0 heterocycles. The number of hydrogen-bond donors (Lipinski definition) is 2. The number of carbonyl (C=O) groups is 3. The molecule has 0 bridgehead atoms. The van der Waals surface area contributed by atoms with Crippen LogP contribution in [0.5, 0.6) is 0 Å². The highest BCUT2D eigenvalue weighted by Crippen LogP contribution is 2.15. The summed E-state index contributed by atoms with van der Waals surface area (Å²) < 4.78 is 10.4. The lowest BCUT2D eigenvalue weighted by molar-refractivity contribution is -0.129. The maximum Gasteiger partial charge on any atom is 0.412 e. The van der Waals surface area contributed by atoms with E-state index in [0.29, 0.717) is 12.2 Å². The van der Waals surface area contributed by atoms with Crippen molar-refractivity contribution in [2.75, 3.05) is 11.9 Å². The first-order valence-electron chi connectivity index (χ1n) is 10.2. The van der Waals surface area contributed by atoms with Gasteiger partial charge in [-0.3, -0.25) is 10.1 Å². The largest absolute Gasteiger partial charge is 0.449 e. The van der Waals surface area contributed by atoms with Crippen LogP contribution in [0.2, 0.25) is 0 Å². The Balaban J connectivity index is 1.83. The summed E-state index contributed by atoms with van der Waals surface area (Å²) in [6.07, 6.45) is -1.52. The summed E-state index contributed by atoms with van der Waals surface area (Å²) in [7, 11) is 0. The van der Waals surface area contributed by atoms with Gasteiger partial charge in [0.2, 0.25) is 0 Å². The van der Waals surface area contributed by atoms with Gasteiger partial charge in [0.05, 0.1) is 5.56 Å². The number of amides is 2. The maximum absolute atomic E-state index is 12.3. The third-order valence-electron chi connectivity index (χ3n) is 4.37. The van der Waals surface area contributed by atoms with Crippen molar-refractivity contribution in [1.82, 2.24) is 5.32 Å². The molecule has 0 aliphatic rings. The molecule has 0 spiro atoms. The van der Waals surface area contributed by atoms with E-state index in [2.05, 4.69) is 10.6 Å². The van der Waals surface area contributed by atoms with E-state index in [1.807, 2.05) is 37.3 Å². The molecular formula is C24H30N2O5. The third kappa shape index (κ3) is 8.12. The van der Waals surface area contributed by atoms with Crippen LogP contribution in [0.25, 0.3) is 0 Å². The van der Waals surface area contributed by atoms with Crippen molar-refractivity contribution in [2.45, 2.75) is 52.2 Å². The fourth-order valence-corrected chi connectivity index (χ4v) is 2.69. The molecule has 0 aliphatic carbocycles. The van der Waals surface area contributed by atoms with E-state index in [9.17, 15) is 14.4 Å². The highest BCUT2D eigenvalue weighted by Gasteiger charge is 2.20. The lowest BCUT2D eigenvalue weighted by Crippen LogP contribution is -2.37. The van der Waals surface area contributed by atoms with Crippen LogP contribution in [-0.4, -0.2) is 36.2 Å². The lowest BCUT2D eigenvalue weighted by atomic mass is 10.0. The van der Waals surface area contributed by atoms with Gasteiger partial charge in [0.1, 0.15) is 5.60 Å². The number of benzene rings is 2. The minimum absolute atomic E-state index is 0.137. The van der Waals surface area contributed by atoms with Crippen LogP contribution in [0.4, 0.5) is 10.5 Å². The number of rotatable bonds is 7. The van der Waals surface area contributed by atoms with Gasteiger partial charge < -0.3 is 14.8 Å². The van der Waals surface area contributed by atoms with Gasteiger partial charge in [0, 0.05) is 12.2 Å². The van der Waals surface area contributed by atoms with Crippen LogP contribution in [-0.2, 0) is 14.3 Å². The van der Waals surface area contributed by atoms with Crippen molar-refractivity contribution in [3.05, 3.63) is 65.7 Å². The summed E-state index contributed by atoms with van der Waals surface area (Å²) in [6.45, 7) is 9.29. The Labute approximate surface area is 183 Å². The zero-order valence-corrected chi connectivity index (χ0v) is 18.6. The van der Waals surface area contributed by atoms with Gasteiger partial charge in [-0.15, -0.1) is 0 Å². The van der Waals surface area contributed by atoms with Crippen molar-refractivity contribution < 1.29 is 23.9 Å². The Morgan fingerprint density at radius 3 is 2.13 bits per heavy atom. The van der Waals surface area contributed by atoms with Crippen molar-refractivity contribution in [2.24, 2.45) is 0 Å². The average Bonchev–Trinajstić information content (AvgIpc) is 2.71. The fraction of sp³-hybridized carbons (Fsp3) is 0.375. The number of carbonyl (C=O) groups excluding carboxylic acids is 3. The van der Waals surface area contributed by atoms with Gasteiger partial charge in [0.25, 0.3) is 5.91 Å². The van der Waals surface area contributed by atoms with Crippen LogP contribution in [0, 0.1) is 0 Å². The van der Waals surface area contributed by atoms with Crippen LogP contribution in [0.3, 0.4) is 0 Å². The molecule has 7 heteroatoms. The molecule has 0 fully saturated rings. The molecule has 2 aromatic rings. The van der Waals surface area contributed by atoms with Crippen LogP contribution in [0.15, 0.2) is 54.6 Å². The summed E-state index contributed by atoms with van der Waals surface area (Å²) >= 11 is 0. The molecule has 0 radical (unpaired) electrons. The summed E-state index contributed by atoms with van der Waals surface area (Å²) in [4.78, 5) is 36.4. The van der Waals surface area contributed by atoms with E-state index in [1.165, 1.54) is 19.1 Å². The van der Waals surface area contributed by atoms with E-state index in [1.54, 1.807) is 32.9 Å². The molecule has 2 rings (SSSR count). The molecule has 31 heavy (non-hydrogen) atoms. The summed E-state index contributed by atoms with van der Waals surface area (Å²) in [5.74, 6) is -0.847. The van der Waals surface area contributed by atoms with E-state index in [-0.39, 0.29) is 17.4 Å². The number of nitrogens with one attached hydrogen (secondary N) is 2. The zero-order chi connectivity index (χ0) is 23.0. The van der Waals surface area contributed by atoms with Gasteiger partial charge in [-0.2, -0.15) is 0 Å². The van der Waals surface area contributed by atoms with Crippen LogP contribution < -0.4 is 10.6 Å². The van der Waals surface area contributed by atoms with Crippen molar-refractivity contribution in [1.29, 1.82) is 0 Å². The normalized spacial score (nSPS) is 12.9. The Hall–Kier alpha value is -3.35. The molecule has 166 valence electrons. The first-order chi connectivity index (χ1) is 14.5. The Bertz CT molecular complexity index is 888. The molecular weight excluding hydrogens is 396 g/mol. The molecule has 2 aromatic carbocycles. The minimum atomic E-state index is -0.935. The molecule has 0 unspecified atom stereocenters. The number of esters is 1. The number of hydrogen-bond acceptors (Lipinski definition) is 5. The van der Waals surface area contributed by atoms with E-state index in [4.69, 9.17) is 9.47 Å². The number of ether oxygens (including phenoxy) is 2. The predicted molar refractivity (Wildman–Crippen MR) is 119 cm³/mol. The van der Waals surface area contributed by atoms with Gasteiger partial charge in [-0.25, -0.2) is 9.59 Å². The Morgan fingerprint density at radius 2 is 1.55 bits per heavy atom. The van der Waals surface area contributed by atoms with E-state index >= 15 is 0 Å². The zero-order valence-electron chi connectivity index (χ0n) is 18.6. The molecule has 2 N–H and O–H groups in total. The second-order valence-corrected chi connectivity index (χ2v) is 8.31. The second kappa shape index (κ2) is 10.6. The van der Waals surface area contributed by atoms with Crippen LogP contribution >= 0.6 is 0 Å². The third-order valence-corrected chi connectivity index (χ3v) is 4.37. The first-order valence-corrected chi connectivity index (χ1v) is 10.2. The monoisotopic (exact) mass is 426 g/mol. The second-order valence-electron chi connectivity index (χ2n) is 8.31. The Morgan fingerprint density at radius 1 is 0.935 bits per heavy atom. The van der Waals surface area contributed by atoms with E-state index < -0.39 is 23.8 Å². The quantitative estimate of drug-likeness (QED) is 0.636.